The molecule has 114 valence electrons. The van der Waals surface area contributed by atoms with E-state index in [9.17, 15) is 4.79 Å². The van der Waals surface area contributed by atoms with Crippen LogP contribution in [0.15, 0.2) is 6.07 Å². The molecule has 0 saturated carbocycles. The van der Waals surface area contributed by atoms with E-state index in [1.807, 2.05) is 4.68 Å². The van der Waals surface area contributed by atoms with Crippen molar-refractivity contribution in [2.75, 3.05) is 12.4 Å². The zero-order chi connectivity index (χ0) is 15.0. The van der Waals surface area contributed by atoms with E-state index in [2.05, 4.69) is 25.0 Å². The molecule has 0 saturated heterocycles. The highest BCUT2D eigenvalue weighted by Crippen LogP contribution is 2.15. The van der Waals surface area contributed by atoms with Crippen LogP contribution in [0.25, 0.3) is 0 Å². The highest BCUT2D eigenvalue weighted by molar-refractivity contribution is 7.98. The Morgan fingerprint density at radius 1 is 1.50 bits per heavy atom. The van der Waals surface area contributed by atoms with Gasteiger partial charge in [0.2, 0.25) is 0 Å². The summed E-state index contributed by atoms with van der Waals surface area (Å²) in [5.74, 6) is 1.44. The molecule has 5 nitrogen and oxygen atoms in total. The van der Waals surface area contributed by atoms with E-state index in [0.29, 0.717) is 13.0 Å². The van der Waals surface area contributed by atoms with Crippen molar-refractivity contribution in [1.29, 1.82) is 0 Å². The summed E-state index contributed by atoms with van der Waals surface area (Å²) in [7, 11) is 0. The zero-order valence-corrected chi connectivity index (χ0v) is 13.4. The molecule has 0 spiro atoms. The molecule has 0 aliphatic carbocycles. The summed E-state index contributed by atoms with van der Waals surface area (Å²) in [5, 5.41) is 4.52. The van der Waals surface area contributed by atoms with E-state index in [-0.39, 0.29) is 5.97 Å². The van der Waals surface area contributed by atoms with Gasteiger partial charge in [-0.2, -0.15) is 16.9 Å². The second-order valence-corrected chi connectivity index (χ2v) is 5.60. The number of nitrogens with two attached hydrogens (primary N) is 1. The molecule has 1 aromatic heterocycles. The maximum Gasteiger partial charge on any atom is 0.322 e. The minimum atomic E-state index is -0.510. The standard InChI is InChI=1S/C14H25N3O2S/c1-4-11-9-12(17(5-2)16-11)10-20-8-7-13(15)14(18)19-6-3/h9,13H,4-8,10,15H2,1-3H3. The minimum Gasteiger partial charge on any atom is -0.465 e. The molecule has 0 fully saturated rings. The van der Waals surface area contributed by atoms with Crippen LogP contribution in [-0.4, -0.2) is 34.2 Å². The van der Waals surface area contributed by atoms with Gasteiger partial charge in [-0.15, -0.1) is 0 Å². The molecule has 6 heteroatoms. The molecule has 0 aromatic carbocycles. The van der Waals surface area contributed by atoms with Crippen molar-refractivity contribution in [2.24, 2.45) is 5.73 Å². The number of ether oxygens (including phenoxy) is 1. The van der Waals surface area contributed by atoms with Gasteiger partial charge in [-0.05, 0) is 38.5 Å². The largest absolute Gasteiger partial charge is 0.465 e. The normalized spacial score (nSPS) is 12.4. The fourth-order valence-corrected chi connectivity index (χ4v) is 2.84. The molecule has 1 atom stereocenters. The van der Waals surface area contributed by atoms with E-state index in [1.54, 1.807) is 18.7 Å². The minimum absolute atomic E-state index is 0.306. The van der Waals surface area contributed by atoms with Crippen LogP contribution < -0.4 is 5.73 Å². The maximum atomic E-state index is 11.4. The van der Waals surface area contributed by atoms with Crippen LogP contribution in [-0.2, 0) is 28.2 Å². The quantitative estimate of drug-likeness (QED) is 0.558. The van der Waals surface area contributed by atoms with Gasteiger partial charge in [0.05, 0.1) is 12.3 Å². The van der Waals surface area contributed by atoms with Crippen molar-refractivity contribution in [3.63, 3.8) is 0 Å². The first-order valence-corrected chi connectivity index (χ1v) is 8.33. The van der Waals surface area contributed by atoms with Gasteiger partial charge >= 0.3 is 5.97 Å². The fourth-order valence-electron chi connectivity index (χ4n) is 1.83. The lowest BCUT2D eigenvalue weighted by Crippen LogP contribution is -2.32. The van der Waals surface area contributed by atoms with Crippen molar-refractivity contribution < 1.29 is 9.53 Å². The Labute approximate surface area is 125 Å². The number of carbonyl (C=O) groups excluding carboxylic acids is 1. The second kappa shape index (κ2) is 9.02. The number of rotatable bonds is 9. The molecule has 1 rings (SSSR count). The smallest absolute Gasteiger partial charge is 0.322 e. The molecule has 0 aliphatic rings. The van der Waals surface area contributed by atoms with Gasteiger partial charge in [0.15, 0.2) is 0 Å². The van der Waals surface area contributed by atoms with E-state index in [1.165, 1.54) is 5.69 Å². The van der Waals surface area contributed by atoms with E-state index in [4.69, 9.17) is 10.5 Å². The van der Waals surface area contributed by atoms with Gasteiger partial charge in [-0.1, -0.05) is 6.92 Å². The van der Waals surface area contributed by atoms with Gasteiger partial charge in [0, 0.05) is 18.0 Å². The summed E-state index contributed by atoms with van der Waals surface area (Å²) in [6, 6.07) is 1.65. The molecule has 1 heterocycles. The average molecular weight is 299 g/mol. The van der Waals surface area contributed by atoms with Crippen LogP contribution in [0.4, 0.5) is 0 Å². The highest BCUT2D eigenvalue weighted by Gasteiger charge is 2.14. The number of thioether (sulfide) groups is 1. The Morgan fingerprint density at radius 2 is 2.25 bits per heavy atom. The van der Waals surface area contributed by atoms with Crippen molar-refractivity contribution in [3.8, 4) is 0 Å². The third-order valence-corrected chi connectivity index (χ3v) is 4.01. The third kappa shape index (κ3) is 5.17. The average Bonchev–Trinajstić information content (AvgIpc) is 2.86. The first kappa shape index (κ1) is 17.0. The van der Waals surface area contributed by atoms with E-state index < -0.39 is 6.04 Å². The lowest BCUT2D eigenvalue weighted by atomic mass is 10.2. The van der Waals surface area contributed by atoms with Crippen LogP contribution in [0.3, 0.4) is 0 Å². The number of carbonyl (C=O) groups is 1. The molecule has 2 N–H and O–H groups in total. The number of aromatic nitrogens is 2. The summed E-state index contributed by atoms with van der Waals surface area (Å²) in [6.45, 7) is 7.26. The second-order valence-electron chi connectivity index (χ2n) is 4.50. The monoisotopic (exact) mass is 299 g/mol. The number of esters is 1. The topological polar surface area (TPSA) is 70.1 Å². The van der Waals surface area contributed by atoms with Crippen molar-refractivity contribution in [2.45, 2.75) is 52.0 Å². The number of hydrogen-bond donors (Lipinski definition) is 1. The van der Waals surface area contributed by atoms with Crippen LogP contribution in [0, 0.1) is 0 Å². The summed E-state index contributed by atoms with van der Waals surface area (Å²) < 4.78 is 6.92. The molecule has 0 bridgehead atoms. The van der Waals surface area contributed by atoms with E-state index >= 15 is 0 Å². The summed E-state index contributed by atoms with van der Waals surface area (Å²) in [5.41, 5.74) is 8.12. The van der Waals surface area contributed by atoms with Crippen LogP contribution >= 0.6 is 11.8 Å². The molecule has 0 amide bonds. The van der Waals surface area contributed by atoms with Gasteiger partial charge in [-0.25, -0.2) is 0 Å². The van der Waals surface area contributed by atoms with E-state index in [0.717, 1.165) is 30.2 Å². The first-order chi connectivity index (χ1) is 9.62. The van der Waals surface area contributed by atoms with Crippen LogP contribution in [0.5, 0.6) is 0 Å². The molecule has 20 heavy (non-hydrogen) atoms. The Kier molecular flexibility index (Phi) is 7.69. The molecule has 1 unspecified atom stereocenters. The van der Waals surface area contributed by atoms with Gasteiger partial charge in [-0.3, -0.25) is 9.48 Å². The first-order valence-electron chi connectivity index (χ1n) is 7.17. The SMILES string of the molecule is CCOC(=O)C(N)CCSCc1cc(CC)nn1CC. The Hall–Kier alpha value is -1.01. The number of aryl methyl sites for hydroxylation is 2. The third-order valence-electron chi connectivity index (χ3n) is 2.99. The van der Waals surface area contributed by atoms with Gasteiger partial charge < -0.3 is 10.5 Å². The predicted octanol–water partition coefficient (Wildman–Crippen LogP) is 1.98. The van der Waals surface area contributed by atoms with Crippen molar-refractivity contribution >= 4 is 17.7 Å². The molecule has 0 radical (unpaired) electrons. The molecular weight excluding hydrogens is 274 g/mol. The van der Waals surface area contributed by atoms with Crippen LogP contribution in [0.1, 0.15) is 38.6 Å². The lowest BCUT2D eigenvalue weighted by molar-refractivity contribution is -0.144. The number of nitrogens with zero attached hydrogens (tertiary/aromatic N) is 2. The highest BCUT2D eigenvalue weighted by atomic mass is 32.2. The lowest BCUT2D eigenvalue weighted by Gasteiger charge is -2.10. The van der Waals surface area contributed by atoms with Gasteiger partial charge in [0.25, 0.3) is 0 Å². The number of hydrogen-bond acceptors (Lipinski definition) is 5. The molecule has 1 aromatic rings. The van der Waals surface area contributed by atoms with Crippen LogP contribution in [0.2, 0.25) is 0 Å². The Balaban J connectivity index is 2.34. The zero-order valence-electron chi connectivity index (χ0n) is 12.6. The molecular formula is C14H25N3O2S. The molecule has 0 aliphatic heterocycles. The summed E-state index contributed by atoms with van der Waals surface area (Å²) >= 11 is 1.77. The Morgan fingerprint density at radius 3 is 2.85 bits per heavy atom. The predicted molar refractivity (Wildman–Crippen MR) is 82.7 cm³/mol. The fraction of sp³-hybridized carbons (Fsp3) is 0.714. The summed E-state index contributed by atoms with van der Waals surface area (Å²) in [4.78, 5) is 11.4. The summed E-state index contributed by atoms with van der Waals surface area (Å²) in [6.07, 6.45) is 1.60. The Bertz CT molecular complexity index is 421. The van der Waals surface area contributed by atoms with Gasteiger partial charge in [0.1, 0.15) is 6.04 Å². The van der Waals surface area contributed by atoms with Crippen molar-refractivity contribution in [3.05, 3.63) is 17.5 Å². The van der Waals surface area contributed by atoms with Crippen molar-refractivity contribution in [1.82, 2.24) is 9.78 Å². The maximum absolute atomic E-state index is 11.4.